The highest BCUT2D eigenvalue weighted by Gasteiger charge is 2.47. The zero-order valence-corrected chi connectivity index (χ0v) is 27.6. The lowest BCUT2D eigenvalue weighted by molar-refractivity contribution is -0.202. The lowest BCUT2D eigenvalue weighted by Crippen LogP contribution is -2.44. The van der Waals surface area contributed by atoms with Crippen molar-refractivity contribution >= 4 is 53.7 Å². The molecular formula is C37H30F3N5O5S. The van der Waals surface area contributed by atoms with Crippen molar-refractivity contribution in [1.29, 1.82) is 0 Å². The Hall–Kier alpha value is -6.07. The Morgan fingerprint density at radius 2 is 1.51 bits per heavy atom. The lowest BCUT2D eigenvalue weighted by Gasteiger charge is -2.37. The summed E-state index contributed by atoms with van der Waals surface area (Å²) in [6.07, 6.45) is -6.35. The number of guanidine groups is 1. The number of hydrogen-bond donors (Lipinski definition) is 3. The molecule has 0 saturated carbocycles. The van der Waals surface area contributed by atoms with Crippen molar-refractivity contribution in [2.75, 3.05) is 11.4 Å². The van der Waals surface area contributed by atoms with Crippen LogP contribution in [0, 0.1) is 11.8 Å². The number of carbonyl (C=O) groups is 4. The fourth-order valence-electron chi connectivity index (χ4n) is 5.52. The van der Waals surface area contributed by atoms with Gasteiger partial charge in [0.2, 0.25) is 0 Å². The third-order valence-electron chi connectivity index (χ3n) is 7.71. The smallest absolute Gasteiger partial charge is 0.386 e. The monoisotopic (exact) mass is 713 g/mol. The van der Waals surface area contributed by atoms with Crippen molar-refractivity contribution in [3.05, 3.63) is 131 Å². The third-order valence-corrected chi connectivity index (χ3v) is 8.00. The molecule has 0 aliphatic carbocycles. The Bertz CT molecular complexity index is 2010. The molecule has 1 aliphatic rings. The van der Waals surface area contributed by atoms with Crippen LogP contribution in [0.4, 0.5) is 24.5 Å². The summed E-state index contributed by atoms with van der Waals surface area (Å²) in [5, 5.41) is -0.573. The molecule has 4 aromatic carbocycles. The molecular weight excluding hydrogens is 683 g/mol. The van der Waals surface area contributed by atoms with Gasteiger partial charge in [0, 0.05) is 11.3 Å². The summed E-state index contributed by atoms with van der Waals surface area (Å²) >= 11 is 4.39. The number of para-hydroxylation sites is 1. The first-order chi connectivity index (χ1) is 24.3. The molecule has 0 fully saturated rings. The summed E-state index contributed by atoms with van der Waals surface area (Å²) in [4.78, 5) is 61.1. The third kappa shape index (κ3) is 8.57. The second kappa shape index (κ2) is 15.6. The molecule has 1 heterocycles. The molecule has 4 aromatic rings. The van der Waals surface area contributed by atoms with E-state index in [1.54, 1.807) is 103 Å². The second-order valence-corrected chi connectivity index (χ2v) is 11.8. The standard InChI is InChI=1S/C37H30F3N5O5S/c38-37(39,40)35(49)50-31(46)21-30(24-10-4-1-5-11-24)45-32(25-12-6-2-7-13-25)34(48)44(26-14-8-3-9-15-26)29-19-17-23(20-28(29)33(45)47)16-18-27(51)22-43-36(41)42/h1-15,17,19-20,27,30,32,51H,21-22H2,(H4,41,42,43). The summed E-state index contributed by atoms with van der Waals surface area (Å²) < 4.78 is 43.5. The number of fused-ring (bicyclic) bond motifs is 1. The van der Waals surface area contributed by atoms with Crippen molar-refractivity contribution in [3.8, 4) is 11.8 Å². The number of hydrogen-bond acceptors (Lipinski definition) is 7. The number of nitrogens with two attached hydrogens (primary N) is 2. The lowest BCUT2D eigenvalue weighted by atomic mass is 9.95. The van der Waals surface area contributed by atoms with Crippen LogP contribution in [0.1, 0.15) is 45.6 Å². The van der Waals surface area contributed by atoms with Gasteiger partial charge < -0.3 is 21.1 Å². The van der Waals surface area contributed by atoms with Gasteiger partial charge in [0.25, 0.3) is 11.8 Å². The van der Waals surface area contributed by atoms with E-state index in [0.29, 0.717) is 22.4 Å². The van der Waals surface area contributed by atoms with Crippen LogP contribution in [-0.2, 0) is 19.1 Å². The molecule has 51 heavy (non-hydrogen) atoms. The SMILES string of the molecule is NC(N)=NCC(S)C#Cc1ccc2c(c1)C(=O)N(C(CC(=O)OC(=O)C(F)(F)F)c1ccccc1)C(c1ccccc1)C(=O)N2c1ccccc1. The number of thiol groups is 1. The zero-order chi connectivity index (χ0) is 36.7. The van der Waals surface area contributed by atoms with Gasteiger partial charge in [0.15, 0.2) is 5.96 Å². The van der Waals surface area contributed by atoms with Gasteiger partial charge in [-0.2, -0.15) is 25.8 Å². The van der Waals surface area contributed by atoms with Crippen LogP contribution >= 0.6 is 12.6 Å². The molecule has 4 N–H and O–H groups in total. The van der Waals surface area contributed by atoms with Crippen LogP contribution in [0.3, 0.4) is 0 Å². The highest BCUT2D eigenvalue weighted by molar-refractivity contribution is 7.81. The van der Waals surface area contributed by atoms with Crippen LogP contribution in [0.25, 0.3) is 0 Å². The minimum absolute atomic E-state index is 0.00182. The Kier molecular flexibility index (Phi) is 11.1. The maximum Gasteiger partial charge on any atom is 0.491 e. The summed E-state index contributed by atoms with van der Waals surface area (Å²) in [5.41, 5.74) is 12.4. The quantitative estimate of drug-likeness (QED) is 0.0566. The molecule has 0 spiro atoms. The highest BCUT2D eigenvalue weighted by atomic mass is 32.1. The number of esters is 2. The number of ether oxygens (including phenoxy) is 1. The summed E-state index contributed by atoms with van der Waals surface area (Å²) in [7, 11) is 0. The number of benzene rings is 4. The zero-order valence-electron chi connectivity index (χ0n) is 26.7. The minimum Gasteiger partial charge on any atom is -0.386 e. The molecule has 0 bridgehead atoms. The van der Waals surface area contributed by atoms with E-state index >= 15 is 4.79 Å². The predicted molar refractivity (Wildman–Crippen MR) is 187 cm³/mol. The number of anilines is 2. The van der Waals surface area contributed by atoms with Gasteiger partial charge in [-0.3, -0.25) is 24.3 Å². The van der Waals surface area contributed by atoms with Crippen LogP contribution in [0.5, 0.6) is 0 Å². The summed E-state index contributed by atoms with van der Waals surface area (Å²) in [6, 6.07) is 26.6. The Morgan fingerprint density at radius 3 is 2.12 bits per heavy atom. The number of halogens is 3. The fourth-order valence-corrected chi connectivity index (χ4v) is 5.66. The molecule has 260 valence electrons. The van der Waals surface area contributed by atoms with Gasteiger partial charge in [-0.15, -0.1) is 0 Å². The van der Waals surface area contributed by atoms with E-state index in [4.69, 9.17) is 11.5 Å². The number of carbonyl (C=O) groups excluding carboxylic acids is 4. The minimum atomic E-state index is -5.44. The molecule has 5 rings (SSSR count). The van der Waals surface area contributed by atoms with Crippen LogP contribution in [-0.4, -0.2) is 52.6 Å². The van der Waals surface area contributed by atoms with E-state index in [2.05, 4.69) is 34.2 Å². The van der Waals surface area contributed by atoms with Crippen molar-refractivity contribution in [1.82, 2.24) is 4.90 Å². The first-order valence-corrected chi connectivity index (χ1v) is 15.9. The fraction of sp³-hybridized carbons (Fsp3) is 0.162. The Balaban J connectivity index is 1.73. The normalized spacial score (nSPS) is 15.4. The molecule has 3 atom stereocenters. The average Bonchev–Trinajstić information content (AvgIpc) is 3.20. The molecule has 10 nitrogen and oxygen atoms in total. The second-order valence-electron chi connectivity index (χ2n) is 11.2. The van der Waals surface area contributed by atoms with E-state index in [1.807, 2.05) is 0 Å². The van der Waals surface area contributed by atoms with E-state index in [-0.39, 0.29) is 23.8 Å². The number of alkyl halides is 3. The van der Waals surface area contributed by atoms with Crippen molar-refractivity contribution in [3.63, 3.8) is 0 Å². The van der Waals surface area contributed by atoms with E-state index in [1.165, 1.54) is 11.0 Å². The van der Waals surface area contributed by atoms with Crippen LogP contribution in [0.15, 0.2) is 114 Å². The van der Waals surface area contributed by atoms with E-state index in [0.717, 1.165) is 4.90 Å². The molecule has 0 radical (unpaired) electrons. The predicted octanol–water partition coefficient (Wildman–Crippen LogP) is 5.24. The Labute approximate surface area is 296 Å². The van der Waals surface area contributed by atoms with Gasteiger partial charge in [0.1, 0.15) is 6.04 Å². The van der Waals surface area contributed by atoms with E-state index in [9.17, 15) is 27.6 Å². The van der Waals surface area contributed by atoms with Gasteiger partial charge in [-0.1, -0.05) is 90.7 Å². The molecule has 1 aliphatic heterocycles. The molecule has 14 heteroatoms. The molecule has 0 aromatic heterocycles. The maximum atomic E-state index is 15.0. The van der Waals surface area contributed by atoms with Crippen molar-refractivity contribution in [2.45, 2.75) is 29.9 Å². The summed E-state index contributed by atoms with van der Waals surface area (Å²) in [5.74, 6) is 0.0951. The van der Waals surface area contributed by atoms with Crippen LogP contribution < -0.4 is 16.4 Å². The number of nitrogens with zero attached hydrogens (tertiary/aromatic N) is 3. The van der Waals surface area contributed by atoms with Gasteiger partial charge >= 0.3 is 18.1 Å². The van der Waals surface area contributed by atoms with Gasteiger partial charge in [0.05, 0.1) is 35.5 Å². The maximum absolute atomic E-state index is 15.0. The van der Waals surface area contributed by atoms with Gasteiger partial charge in [-0.05, 0) is 41.5 Å². The highest BCUT2D eigenvalue weighted by Crippen LogP contribution is 2.43. The first-order valence-electron chi connectivity index (χ1n) is 15.4. The van der Waals surface area contributed by atoms with Crippen LogP contribution in [0.2, 0.25) is 0 Å². The van der Waals surface area contributed by atoms with Crippen molar-refractivity contribution < 1.29 is 37.1 Å². The number of aliphatic imine (C=N–C) groups is 1. The van der Waals surface area contributed by atoms with E-state index < -0.39 is 53.7 Å². The number of amides is 2. The first kappa shape index (κ1) is 36.2. The molecule has 3 unspecified atom stereocenters. The molecule has 0 saturated heterocycles. The number of rotatable bonds is 8. The van der Waals surface area contributed by atoms with Gasteiger partial charge in [-0.25, -0.2) is 4.79 Å². The Morgan fingerprint density at radius 1 is 0.902 bits per heavy atom. The topological polar surface area (TPSA) is 148 Å². The average molecular weight is 714 g/mol. The summed E-state index contributed by atoms with van der Waals surface area (Å²) in [6.45, 7) is 0.0941. The molecule has 2 amide bonds. The largest absolute Gasteiger partial charge is 0.491 e. The van der Waals surface area contributed by atoms with Crippen molar-refractivity contribution in [2.24, 2.45) is 16.5 Å².